The Bertz CT molecular complexity index is 251. The lowest BCUT2D eigenvalue weighted by atomic mass is 10.0. The van der Waals surface area contributed by atoms with Gasteiger partial charge >= 0.3 is 5.97 Å². The normalized spacial score (nSPS) is 14.2. The number of ether oxygens (including phenoxy) is 1. The predicted molar refractivity (Wildman–Crippen MR) is 67.5 cm³/mol. The number of hydrogen-bond donors (Lipinski definition) is 1. The van der Waals surface area contributed by atoms with E-state index in [2.05, 4.69) is 5.32 Å². The number of amides is 1. The summed E-state index contributed by atoms with van der Waals surface area (Å²) in [7, 11) is 0. The maximum atomic E-state index is 11.5. The van der Waals surface area contributed by atoms with Crippen molar-refractivity contribution in [3.05, 3.63) is 0 Å². The van der Waals surface area contributed by atoms with Gasteiger partial charge in [-0.05, 0) is 18.8 Å². The topological polar surface area (TPSA) is 55.4 Å². The van der Waals surface area contributed by atoms with Crippen molar-refractivity contribution in [3.63, 3.8) is 0 Å². The van der Waals surface area contributed by atoms with E-state index >= 15 is 0 Å². The van der Waals surface area contributed by atoms with Gasteiger partial charge in [0.1, 0.15) is 6.04 Å². The minimum Gasteiger partial charge on any atom is -0.464 e. The van der Waals surface area contributed by atoms with Gasteiger partial charge in [0, 0.05) is 6.42 Å². The molecule has 0 aliphatic rings. The van der Waals surface area contributed by atoms with Crippen LogP contribution < -0.4 is 5.32 Å². The molecule has 0 radical (unpaired) electrons. The Morgan fingerprint density at radius 1 is 1.18 bits per heavy atom. The number of carbonyl (C=O) groups is 2. The minimum absolute atomic E-state index is 0.0895. The Kier molecular flexibility index (Phi) is 7.59. The Hall–Kier alpha value is -1.06. The molecule has 0 rings (SSSR count). The molecule has 0 bridgehead atoms. The van der Waals surface area contributed by atoms with E-state index in [0.29, 0.717) is 24.9 Å². The third-order valence-electron chi connectivity index (χ3n) is 2.52. The summed E-state index contributed by atoms with van der Waals surface area (Å²) in [4.78, 5) is 23.0. The van der Waals surface area contributed by atoms with Crippen LogP contribution in [-0.4, -0.2) is 24.5 Å². The first-order chi connectivity index (χ1) is 7.86. The standard InChI is InChI=1S/C13H25NO3/c1-6-10(4)7-12(15)14-11(5)13(16)17-8-9(2)3/h9-11H,6-8H2,1-5H3,(H,14,15). The molecule has 0 heterocycles. The van der Waals surface area contributed by atoms with Crippen LogP contribution in [0.4, 0.5) is 0 Å². The summed E-state index contributed by atoms with van der Waals surface area (Å²) in [5, 5.41) is 2.66. The summed E-state index contributed by atoms with van der Waals surface area (Å²) in [6.07, 6.45) is 1.41. The van der Waals surface area contributed by atoms with E-state index in [4.69, 9.17) is 4.74 Å². The SMILES string of the molecule is CCC(C)CC(=O)NC(C)C(=O)OCC(C)C. The molecule has 0 aliphatic heterocycles. The number of hydrogen-bond acceptors (Lipinski definition) is 3. The van der Waals surface area contributed by atoms with Crippen molar-refractivity contribution in [2.75, 3.05) is 6.61 Å². The maximum absolute atomic E-state index is 11.5. The van der Waals surface area contributed by atoms with Gasteiger partial charge in [-0.1, -0.05) is 34.1 Å². The summed E-state index contributed by atoms with van der Waals surface area (Å²) in [5.74, 6) is 0.195. The fourth-order valence-electron chi connectivity index (χ4n) is 1.19. The molecule has 2 unspecified atom stereocenters. The van der Waals surface area contributed by atoms with Crippen molar-refractivity contribution in [1.29, 1.82) is 0 Å². The molecule has 1 N–H and O–H groups in total. The molecule has 0 spiro atoms. The van der Waals surface area contributed by atoms with Crippen LogP contribution in [0.2, 0.25) is 0 Å². The zero-order valence-electron chi connectivity index (χ0n) is 11.6. The van der Waals surface area contributed by atoms with E-state index in [9.17, 15) is 9.59 Å². The smallest absolute Gasteiger partial charge is 0.328 e. The van der Waals surface area contributed by atoms with Gasteiger partial charge in [-0.3, -0.25) is 4.79 Å². The van der Waals surface area contributed by atoms with E-state index in [1.165, 1.54) is 0 Å². The number of nitrogens with one attached hydrogen (secondary N) is 1. The molecule has 100 valence electrons. The van der Waals surface area contributed by atoms with Crippen LogP contribution >= 0.6 is 0 Å². The van der Waals surface area contributed by atoms with E-state index < -0.39 is 6.04 Å². The maximum Gasteiger partial charge on any atom is 0.328 e. The number of rotatable bonds is 7. The molecular formula is C13H25NO3. The third-order valence-corrected chi connectivity index (χ3v) is 2.52. The van der Waals surface area contributed by atoms with Crippen LogP contribution in [0.5, 0.6) is 0 Å². The Morgan fingerprint density at radius 3 is 2.24 bits per heavy atom. The largest absolute Gasteiger partial charge is 0.464 e. The van der Waals surface area contributed by atoms with Gasteiger partial charge in [-0.15, -0.1) is 0 Å². The summed E-state index contributed by atoms with van der Waals surface area (Å²) >= 11 is 0. The molecule has 4 heteroatoms. The highest BCUT2D eigenvalue weighted by Crippen LogP contribution is 2.06. The summed E-state index contributed by atoms with van der Waals surface area (Å²) in [6, 6.07) is -0.565. The van der Waals surface area contributed by atoms with E-state index in [0.717, 1.165) is 6.42 Å². The molecule has 0 aromatic rings. The summed E-state index contributed by atoms with van der Waals surface area (Å²) in [5.41, 5.74) is 0. The fraction of sp³-hybridized carbons (Fsp3) is 0.846. The molecule has 17 heavy (non-hydrogen) atoms. The zero-order chi connectivity index (χ0) is 13.4. The molecule has 4 nitrogen and oxygen atoms in total. The third kappa shape index (κ3) is 7.77. The first-order valence-corrected chi connectivity index (χ1v) is 6.32. The first-order valence-electron chi connectivity index (χ1n) is 6.32. The highest BCUT2D eigenvalue weighted by Gasteiger charge is 2.18. The van der Waals surface area contributed by atoms with Crippen molar-refractivity contribution in [1.82, 2.24) is 5.32 Å². The van der Waals surface area contributed by atoms with E-state index in [1.807, 2.05) is 27.7 Å². The van der Waals surface area contributed by atoms with Crippen LogP contribution in [0.25, 0.3) is 0 Å². The number of carbonyl (C=O) groups excluding carboxylic acids is 2. The van der Waals surface area contributed by atoms with Gasteiger partial charge in [0.2, 0.25) is 5.91 Å². The molecule has 0 aromatic carbocycles. The fourth-order valence-corrected chi connectivity index (χ4v) is 1.19. The van der Waals surface area contributed by atoms with Crippen LogP contribution in [0.1, 0.15) is 47.5 Å². The molecule has 0 aliphatic carbocycles. The molecule has 0 aromatic heterocycles. The van der Waals surface area contributed by atoms with Gasteiger partial charge in [-0.2, -0.15) is 0 Å². The summed E-state index contributed by atoms with van der Waals surface area (Å²) < 4.78 is 5.04. The lowest BCUT2D eigenvalue weighted by Gasteiger charge is -2.15. The number of esters is 1. The van der Waals surface area contributed by atoms with E-state index in [-0.39, 0.29) is 11.9 Å². The van der Waals surface area contributed by atoms with Crippen molar-refractivity contribution >= 4 is 11.9 Å². The van der Waals surface area contributed by atoms with Crippen molar-refractivity contribution < 1.29 is 14.3 Å². The van der Waals surface area contributed by atoms with Gasteiger partial charge in [0.25, 0.3) is 0 Å². The van der Waals surface area contributed by atoms with Gasteiger partial charge in [-0.25, -0.2) is 4.79 Å². The van der Waals surface area contributed by atoms with Crippen molar-refractivity contribution in [2.45, 2.75) is 53.5 Å². The van der Waals surface area contributed by atoms with Crippen LogP contribution in [0.3, 0.4) is 0 Å². The Morgan fingerprint density at radius 2 is 1.76 bits per heavy atom. The molecule has 0 fully saturated rings. The second kappa shape index (κ2) is 8.09. The summed E-state index contributed by atoms with van der Waals surface area (Å²) in [6.45, 7) is 10.0. The van der Waals surface area contributed by atoms with Crippen molar-refractivity contribution in [2.24, 2.45) is 11.8 Å². The molecule has 1 amide bonds. The minimum atomic E-state index is -0.565. The second-order valence-corrected chi connectivity index (χ2v) is 5.03. The van der Waals surface area contributed by atoms with Crippen LogP contribution in [-0.2, 0) is 14.3 Å². The molecular weight excluding hydrogens is 218 g/mol. The van der Waals surface area contributed by atoms with Gasteiger partial charge < -0.3 is 10.1 Å². The molecule has 2 atom stereocenters. The highest BCUT2D eigenvalue weighted by molar-refractivity contribution is 5.84. The van der Waals surface area contributed by atoms with Crippen LogP contribution in [0.15, 0.2) is 0 Å². The van der Waals surface area contributed by atoms with E-state index in [1.54, 1.807) is 6.92 Å². The zero-order valence-corrected chi connectivity index (χ0v) is 11.6. The lowest BCUT2D eigenvalue weighted by Crippen LogP contribution is -2.40. The molecule has 0 saturated carbocycles. The predicted octanol–water partition coefficient (Wildman–Crippen LogP) is 2.13. The lowest BCUT2D eigenvalue weighted by molar-refractivity contribution is -0.148. The first kappa shape index (κ1) is 15.9. The molecule has 0 saturated heterocycles. The average molecular weight is 243 g/mol. The quantitative estimate of drug-likeness (QED) is 0.697. The average Bonchev–Trinajstić information content (AvgIpc) is 2.25. The Balaban J connectivity index is 3.94. The Labute approximate surface area is 104 Å². The second-order valence-electron chi connectivity index (χ2n) is 5.03. The van der Waals surface area contributed by atoms with Crippen LogP contribution in [0, 0.1) is 11.8 Å². The highest BCUT2D eigenvalue weighted by atomic mass is 16.5. The monoisotopic (exact) mass is 243 g/mol. The van der Waals surface area contributed by atoms with Crippen molar-refractivity contribution in [3.8, 4) is 0 Å². The van der Waals surface area contributed by atoms with Gasteiger partial charge in [0.05, 0.1) is 6.61 Å². The van der Waals surface area contributed by atoms with Gasteiger partial charge in [0.15, 0.2) is 0 Å².